The lowest BCUT2D eigenvalue weighted by Crippen LogP contribution is -2.36. The number of nitrogens with zero attached hydrogens (tertiary/aromatic N) is 6. The second-order valence-corrected chi connectivity index (χ2v) is 16.9. The number of nitrogens with one attached hydrogen (secondary N) is 1. The van der Waals surface area contributed by atoms with Gasteiger partial charge in [0.2, 0.25) is 5.89 Å². The first-order valence-electron chi connectivity index (χ1n) is 20.0. The van der Waals surface area contributed by atoms with Crippen LogP contribution in [0.3, 0.4) is 0 Å². The summed E-state index contributed by atoms with van der Waals surface area (Å²) in [5, 5.41) is 33.1. The molecule has 2 saturated carbocycles. The molecule has 2 aromatic heterocycles. The Hall–Kier alpha value is -5.06. The Morgan fingerprint density at radius 2 is 1.82 bits per heavy atom. The third-order valence-corrected chi connectivity index (χ3v) is 13.4. The van der Waals surface area contributed by atoms with Gasteiger partial charge in [-0.2, -0.15) is 5.26 Å². The number of oxazole rings is 1. The third-order valence-electron chi connectivity index (χ3n) is 13.0. The van der Waals surface area contributed by atoms with Crippen LogP contribution in [0.2, 0.25) is 5.02 Å². The molecule has 9 rings (SSSR count). The molecule has 3 atom stereocenters. The van der Waals surface area contributed by atoms with Crippen LogP contribution in [0, 0.1) is 36.0 Å². The lowest BCUT2D eigenvalue weighted by molar-refractivity contribution is -0.143. The number of carbonyl (C=O) groups excluding carboxylic acids is 1. The van der Waals surface area contributed by atoms with E-state index >= 15 is 0 Å². The number of carbonyl (C=O) groups is 2. The number of hydrogen-bond acceptors (Lipinski definition) is 9. The Bertz CT molecular complexity index is 2440. The van der Waals surface area contributed by atoms with Crippen LogP contribution in [0.5, 0.6) is 0 Å². The van der Waals surface area contributed by atoms with Crippen molar-refractivity contribution in [3.8, 4) is 28.7 Å². The number of carboxylic acids is 1. The molecule has 2 aliphatic carbocycles. The zero-order chi connectivity index (χ0) is 39.5. The maximum atomic E-state index is 13.8. The molecule has 4 aliphatic rings. The molecule has 4 heterocycles. The molecule has 3 unspecified atom stereocenters. The van der Waals surface area contributed by atoms with Crippen molar-refractivity contribution in [3.63, 3.8) is 0 Å². The van der Waals surface area contributed by atoms with E-state index in [0.29, 0.717) is 70.1 Å². The molecule has 0 radical (unpaired) electrons. The molecule has 1 amide bonds. The van der Waals surface area contributed by atoms with Gasteiger partial charge in [0, 0.05) is 69.1 Å². The van der Waals surface area contributed by atoms with Crippen LogP contribution in [0.25, 0.3) is 33.7 Å². The minimum absolute atomic E-state index is 0.210. The number of hydrogen-bond donors (Lipinski definition) is 3. The van der Waals surface area contributed by atoms with Gasteiger partial charge in [0.15, 0.2) is 11.4 Å². The number of aliphatic hydroxyl groups is 1. The Kier molecular flexibility index (Phi) is 9.89. The fraction of sp³-hybridized carbons (Fsp3) is 0.432. The van der Waals surface area contributed by atoms with Crippen molar-refractivity contribution in [1.82, 2.24) is 24.3 Å². The van der Waals surface area contributed by atoms with Crippen molar-refractivity contribution in [2.75, 3.05) is 25.0 Å². The fourth-order valence-corrected chi connectivity index (χ4v) is 10.2. The van der Waals surface area contributed by atoms with Crippen LogP contribution in [0.1, 0.15) is 77.2 Å². The SMILES string of the molecule is Cc1c(-c2nc3cc(CN4CC5CC4CC5O)cc(C#N)c3o2)cccc1-c1cccc(NC(=O)c2nc3c(n2C)CCN(C[C@H]2CC[C@H](C(=O)O)CC2)C3)c1Cl. The zero-order valence-corrected chi connectivity index (χ0v) is 32.9. The van der Waals surface area contributed by atoms with Gasteiger partial charge in [0.05, 0.1) is 34.0 Å². The molecule has 12 nitrogen and oxygen atoms in total. The summed E-state index contributed by atoms with van der Waals surface area (Å²) in [6.45, 7) is 5.98. The van der Waals surface area contributed by atoms with Crippen molar-refractivity contribution in [2.24, 2.45) is 24.8 Å². The standard InChI is InChI=1S/C44H46ClN7O5/c1-24-31(5-3-6-32(24)43-49-35-16-26(15-28(19-46)40(35)57-43)21-52-22-29-17-30(52)18-38(29)53)33-7-4-8-34(39(33)45)48-42(54)41-47-36-23-51(14-13-37(36)50(41)2)20-25-9-11-27(12-10-25)44(55)56/h3-8,15-16,25,27,29-30,38,53H,9-14,17-18,20-23H2,1-2H3,(H,48,54)(H,55,56)/t25-,27-,29?,30?,38?. The number of aliphatic carboxylic acids is 1. The summed E-state index contributed by atoms with van der Waals surface area (Å²) in [5.41, 5.74) is 8.18. The van der Waals surface area contributed by atoms with E-state index in [2.05, 4.69) is 21.2 Å². The number of aromatic nitrogens is 3. The average molecular weight is 788 g/mol. The Labute approximate surface area is 336 Å². The maximum absolute atomic E-state index is 13.8. The summed E-state index contributed by atoms with van der Waals surface area (Å²) in [5.74, 6) is 0.284. The zero-order valence-electron chi connectivity index (χ0n) is 32.2. The highest BCUT2D eigenvalue weighted by atomic mass is 35.5. The molecule has 3 fully saturated rings. The highest BCUT2D eigenvalue weighted by molar-refractivity contribution is 6.36. The van der Waals surface area contributed by atoms with E-state index in [1.165, 1.54) is 0 Å². The number of nitriles is 1. The number of piperidine rings is 1. The van der Waals surface area contributed by atoms with Crippen LogP contribution < -0.4 is 5.32 Å². The fourth-order valence-electron chi connectivity index (χ4n) is 9.90. The van der Waals surface area contributed by atoms with E-state index < -0.39 is 5.97 Å². The molecule has 5 aromatic rings. The van der Waals surface area contributed by atoms with Gasteiger partial charge in [-0.15, -0.1) is 0 Å². The maximum Gasteiger partial charge on any atom is 0.306 e. The second kappa shape index (κ2) is 15.0. The predicted molar refractivity (Wildman–Crippen MR) is 215 cm³/mol. The number of anilines is 1. The first kappa shape index (κ1) is 37.5. The first-order chi connectivity index (χ1) is 27.5. The normalized spacial score (nSPS) is 23.5. The summed E-state index contributed by atoms with van der Waals surface area (Å²) < 4.78 is 8.17. The topological polar surface area (TPSA) is 161 Å². The van der Waals surface area contributed by atoms with E-state index in [1.54, 1.807) is 6.07 Å². The molecule has 2 bridgehead atoms. The summed E-state index contributed by atoms with van der Waals surface area (Å²) >= 11 is 7.07. The van der Waals surface area contributed by atoms with Gasteiger partial charge >= 0.3 is 5.97 Å². The summed E-state index contributed by atoms with van der Waals surface area (Å²) in [6.07, 6.45) is 5.71. The van der Waals surface area contributed by atoms with Gasteiger partial charge in [-0.05, 0) is 98.2 Å². The van der Waals surface area contributed by atoms with Crippen molar-refractivity contribution in [1.29, 1.82) is 5.26 Å². The van der Waals surface area contributed by atoms with E-state index in [-0.39, 0.29) is 17.9 Å². The van der Waals surface area contributed by atoms with Crippen molar-refractivity contribution < 1.29 is 24.2 Å². The second-order valence-electron chi connectivity index (χ2n) is 16.5. The third kappa shape index (κ3) is 7.01. The number of rotatable bonds is 9. The lowest BCUT2D eigenvalue weighted by Gasteiger charge is -2.33. The van der Waals surface area contributed by atoms with Gasteiger partial charge in [-0.3, -0.25) is 19.4 Å². The van der Waals surface area contributed by atoms with Crippen LogP contribution in [-0.2, 0) is 31.4 Å². The van der Waals surface area contributed by atoms with Gasteiger partial charge in [0.25, 0.3) is 5.91 Å². The van der Waals surface area contributed by atoms with Gasteiger partial charge in [0.1, 0.15) is 11.6 Å². The monoisotopic (exact) mass is 787 g/mol. The molecule has 1 saturated heterocycles. The van der Waals surface area contributed by atoms with Gasteiger partial charge in [-0.25, -0.2) is 9.97 Å². The molecule has 2 aliphatic heterocycles. The molecule has 57 heavy (non-hydrogen) atoms. The highest BCUT2D eigenvalue weighted by Gasteiger charge is 2.43. The molecule has 3 N–H and O–H groups in total. The van der Waals surface area contributed by atoms with Gasteiger partial charge < -0.3 is 24.5 Å². The summed E-state index contributed by atoms with van der Waals surface area (Å²) in [6, 6.07) is 18.0. The first-order valence-corrected chi connectivity index (χ1v) is 20.4. The van der Waals surface area contributed by atoms with E-state index in [4.69, 9.17) is 26.0 Å². The van der Waals surface area contributed by atoms with Crippen LogP contribution >= 0.6 is 11.6 Å². The minimum atomic E-state index is -0.682. The molecule has 294 valence electrons. The van der Waals surface area contributed by atoms with Crippen LogP contribution in [-0.4, -0.2) is 78.2 Å². The number of likely N-dealkylation sites (tertiary alicyclic amines) is 1. The smallest absolute Gasteiger partial charge is 0.306 e. The Morgan fingerprint density at radius 3 is 2.56 bits per heavy atom. The number of imidazole rings is 1. The van der Waals surface area contributed by atoms with Crippen LogP contribution in [0.15, 0.2) is 52.9 Å². The molecule has 0 spiro atoms. The van der Waals surface area contributed by atoms with E-state index in [0.717, 1.165) is 104 Å². The largest absolute Gasteiger partial charge is 0.481 e. The summed E-state index contributed by atoms with van der Waals surface area (Å²) in [7, 11) is 1.88. The predicted octanol–water partition coefficient (Wildman–Crippen LogP) is 7.19. The molecular formula is C44H46ClN7O5. The van der Waals surface area contributed by atoms with E-state index in [9.17, 15) is 25.1 Å². The number of benzene rings is 3. The Morgan fingerprint density at radius 1 is 1.05 bits per heavy atom. The minimum Gasteiger partial charge on any atom is -0.481 e. The number of carboxylic acid groups (broad SMARTS) is 1. The number of amides is 1. The average Bonchev–Trinajstić information content (AvgIpc) is 3.98. The van der Waals surface area contributed by atoms with Crippen molar-refractivity contribution >= 4 is 40.3 Å². The van der Waals surface area contributed by atoms with E-state index in [1.807, 2.05) is 61.0 Å². The number of fused-ring (bicyclic) bond motifs is 4. The number of aliphatic hydroxyl groups excluding tert-OH is 1. The molecule has 3 aromatic carbocycles. The highest BCUT2D eigenvalue weighted by Crippen LogP contribution is 2.41. The van der Waals surface area contributed by atoms with Crippen molar-refractivity contribution in [3.05, 3.63) is 87.5 Å². The van der Waals surface area contributed by atoms with Gasteiger partial charge in [-0.1, -0.05) is 35.9 Å². The number of halogens is 1. The quantitative estimate of drug-likeness (QED) is 0.140. The lowest BCUT2D eigenvalue weighted by atomic mass is 9.81. The van der Waals surface area contributed by atoms with Crippen molar-refractivity contribution in [2.45, 2.75) is 77.1 Å². The molecular weight excluding hydrogens is 742 g/mol. The summed E-state index contributed by atoms with van der Waals surface area (Å²) in [4.78, 5) is 39.6. The Balaban J connectivity index is 0.918. The van der Waals surface area contributed by atoms with Crippen LogP contribution in [0.4, 0.5) is 5.69 Å². The molecule has 13 heteroatoms.